The maximum atomic E-state index is 12.7. The van der Waals surface area contributed by atoms with Crippen molar-refractivity contribution in [2.45, 2.75) is 37.7 Å². The molecule has 0 radical (unpaired) electrons. The molecule has 124 valence electrons. The highest BCUT2D eigenvalue weighted by atomic mass is 16.4. The van der Waals surface area contributed by atoms with E-state index >= 15 is 0 Å². The number of aliphatic carboxylic acids is 1. The van der Waals surface area contributed by atoms with Gasteiger partial charge in [0.1, 0.15) is 0 Å². The van der Waals surface area contributed by atoms with E-state index in [0.717, 1.165) is 5.56 Å². The van der Waals surface area contributed by atoms with Gasteiger partial charge in [-0.05, 0) is 37.3 Å². The molecule has 2 heterocycles. The van der Waals surface area contributed by atoms with Crippen LogP contribution in [0.15, 0.2) is 24.5 Å². The normalized spacial score (nSPS) is 31.1. The van der Waals surface area contributed by atoms with E-state index in [1.165, 1.54) is 0 Å². The van der Waals surface area contributed by atoms with Gasteiger partial charge in [-0.25, -0.2) is 0 Å². The van der Waals surface area contributed by atoms with Crippen LogP contribution in [0, 0.1) is 11.8 Å². The number of aromatic nitrogens is 1. The van der Waals surface area contributed by atoms with E-state index < -0.39 is 11.9 Å². The number of likely N-dealkylation sites (tertiary alicyclic amines) is 1. The minimum atomic E-state index is -0.867. The molecule has 1 aromatic heterocycles. The first-order valence-electron chi connectivity index (χ1n) is 8.16. The first-order chi connectivity index (χ1) is 11.1. The topological polar surface area (TPSA) is 90.7 Å². The SMILES string of the molecule is O=C(O)[C@@H]1CN(C(=O)C2CCC(O)CC2)C[C@H]1c1cccnc1. The van der Waals surface area contributed by atoms with Gasteiger partial charge >= 0.3 is 5.97 Å². The summed E-state index contributed by atoms with van der Waals surface area (Å²) in [5, 5.41) is 19.1. The Hall–Kier alpha value is -1.95. The lowest BCUT2D eigenvalue weighted by atomic mass is 9.86. The van der Waals surface area contributed by atoms with E-state index in [9.17, 15) is 19.8 Å². The average Bonchev–Trinajstić information content (AvgIpc) is 3.01. The van der Waals surface area contributed by atoms with E-state index in [-0.39, 0.29) is 30.4 Å². The minimum Gasteiger partial charge on any atom is -0.481 e. The molecule has 6 heteroatoms. The van der Waals surface area contributed by atoms with Crippen LogP contribution in [0.25, 0.3) is 0 Å². The Labute approximate surface area is 135 Å². The largest absolute Gasteiger partial charge is 0.481 e. The summed E-state index contributed by atoms with van der Waals surface area (Å²) in [5.41, 5.74) is 0.870. The van der Waals surface area contributed by atoms with Crippen molar-refractivity contribution in [1.82, 2.24) is 9.88 Å². The fraction of sp³-hybridized carbons (Fsp3) is 0.588. The number of carboxylic acids is 1. The van der Waals surface area contributed by atoms with Gasteiger partial charge in [0.15, 0.2) is 0 Å². The number of hydrogen-bond acceptors (Lipinski definition) is 4. The van der Waals surface area contributed by atoms with Gasteiger partial charge in [0.25, 0.3) is 0 Å². The maximum Gasteiger partial charge on any atom is 0.308 e. The number of carbonyl (C=O) groups excluding carboxylic acids is 1. The molecule has 0 spiro atoms. The van der Waals surface area contributed by atoms with Gasteiger partial charge in [0, 0.05) is 37.3 Å². The third-order valence-electron chi connectivity index (χ3n) is 5.11. The summed E-state index contributed by atoms with van der Waals surface area (Å²) in [4.78, 5) is 30.0. The number of nitrogens with zero attached hydrogens (tertiary/aromatic N) is 2. The zero-order chi connectivity index (χ0) is 16.4. The predicted octanol–water partition coefficient (Wildman–Crippen LogP) is 1.26. The molecule has 23 heavy (non-hydrogen) atoms. The zero-order valence-electron chi connectivity index (χ0n) is 13.0. The molecule has 1 aliphatic heterocycles. The second-order valence-electron chi connectivity index (χ2n) is 6.59. The van der Waals surface area contributed by atoms with E-state index in [4.69, 9.17) is 0 Å². The molecule has 2 aliphatic rings. The molecule has 0 bridgehead atoms. The van der Waals surface area contributed by atoms with E-state index in [1.807, 2.05) is 6.07 Å². The van der Waals surface area contributed by atoms with Crippen LogP contribution in [0.3, 0.4) is 0 Å². The second kappa shape index (κ2) is 6.66. The summed E-state index contributed by atoms with van der Waals surface area (Å²) < 4.78 is 0. The van der Waals surface area contributed by atoms with Crippen LogP contribution in [0.4, 0.5) is 0 Å². The Morgan fingerprint density at radius 2 is 1.91 bits per heavy atom. The molecule has 2 N–H and O–H groups in total. The van der Waals surface area contributed by atoms with Gasteiger partial charge < -0.3 is 15.1 Å². The standard InChI is InChI=1S/C17H22N2O4/c20-13-5-3-11(4-6-13)16(21)19-9-14(15(10-19)17(22)23)12-2-1-7-18-8-12/h1-2,7-8,11,13-15,20H,3-6,9-10H2,(H,22,23)/t11?,13?,14-,15+/m0/s1. The number of aliphatic hydroxyl groups excluding tert-OH is 1. The number of amides is 1. The molecule has 1 amide bonds. The van der Waals surface area contributed by atoms with Crippen molar-refractivity contribution in [3.63, 3.8) is 0 Å². The Kier molecular flexibility index (Phi) is 4.61. The average molecular weight is 318 g/mol. The van der Waals surface area contributed by atoms with Crippen LogP contribution in [0.5, 0.6) is 0 Å². The Balaban J connectivity index is 1.72. The lowest BCUT2D eigenvalue weighted by Gasteiger charge is -2.28. The second-order valence-corrected chi connectivity index (χ2v) is 6.59. The van der Waals surface area contributed by atoms with Gasteiger partial charge in [0.2, 0.25) is 5.91 Å². The number of hydrogen-bond donors (Lipinski definition) is 2. The number of rotatable bonds is 3. The fourth-order valence-corrected chi connectivity index (χ4v) is 3.75. The van der Waals surface area contributed by atoms with Gasteiger partial charge in [-0.3, -0.25) is 14.6 Å². The summed E-state index contributed by atoms with van der Waals surface area (Å²) in [6.45, 7) is 0.688. The number of carboxylic acid groups (broad SMARTS) is 1. The van der Waals surface area contributed by atoms with Gasteiger partial charge in [-0.15, -0.1) is 0 Å². The third-order valence-corrected chi connectivity index (χ3v) is 5.11. The smallest absolute Gasteiger partial charge is 0.308 e. The summed E-state index contributed by atoms with van der Waals surface area (Å²) >= 11 is 0. The van der Waals surface area contributed by atoms with Crippen LogP contribution in [-0.2, 0) is 9.59 Å². The molecule has 1 aliphatic carbocycles. The predicted molar refractivity (Wildman–Crippen MR) is 82.6 cm³/mol. The fourth-order valence-electron chi connectivity index (χ4n) is 3.75. The van der Waals surface area contributed by atoms with Crippen LogP contribution >= 0.6 is 0 Å². The molecule has 2 fully saturated rings. The molecule has 0 aromatic carbocycles. The third kappa shape index (κ3) is 3.37. The van der Waals surface area contributed by atoms with Crippen LogP contribution in [0.2, 0.25) is 0 Å². The van der Waals surface area contributed by atoms with Gasteiger partial charge in [0.05, 0.1) is 12.0 Å². The van der Waals surface area contributed by atoms with Crippen molar-refractivity contribution in [1.29, 1.82) is 0 Å². The van der Waals surface area contributed by atoms with Gasteiger partial charge in [-0.1, -0.05) is 6.07 Å². The Morgan fingerprint density at radius 1 is 1.17 bits per heavy atom. The first-order valence-corrected chi connectivity index (χ1v) is 8.16. The molecular weight excluding hydrogens is 296 g/mol. The summed E-state index contributed by atoms with van der Waals surface area (Å²) in [5.74, 6) is -1.71. The molecule has 1 saturated carbocycles. The number of pyridine rings is 1. The molecule has 1 aromatic rings. The summed E-state index contributed by atoms with van der Waals surface area (Å²) in [6, 6.07) is 3.67. The molecular formula is C17H22N2O4. The minimum absolute atomic E-state index is 0.0366. The van der Waals surface area contributed by atoms with Crippen LogP contribution in [-0.4, -0.2) is 51.2 Å². The number of aliphatic hydroxyl groups is 1. The van der Waals surface area contributed by atoms with E-state index in [1.54, 1.807) is 23.4 Å². The summed E-state index contributed by atoms with van der Waals surface area (Å²) in [7, 11) is 0. The highest BCUT2D eigenvalue weighted by Crippen LogP contribution is 2.35. The molecule has 0 unspecified atom stereocenters. The van der Waals surface area contributed by atoms with Crippen molar-refractivity contribution in [2.75, 3.05) is 13.1 Å². The van der Waals surface area contributed by atoms with Crippen LogP contribution in [0.1, 0.15) is 37.2 Å². The lowest BCUT2D eigenvalue weighted by Crippen LogP contribution is -2.37. The van der Waals surface area contributed by atoms with Crippen molar-refractivity contribution >= 4 is 11.9 Å². The van der Waals surface area contributed by atoms with Crippen molar-refractivity contribution in [3.05, 3.63) is 30.1 Å². The molecule has 6 nitrogen and oxygen atoms in total. The zero-order valence-corrected chi connectivity index (χ0v) is 13.0. The molecule has 3 rings (SSSR count). The highest BCUT2D eigenvalue weighted by Gasteiger charge is 2.42. The van der Waals surface area contributed by atoms with Crippen molar-refractivity contribution < 1.29 is 19.8 Å². The van der Waals surface area contributed by atoms with Crippen LogP contribution < -0.4 is 0 Å². The lowest BCUT2D eigenvalue weighted by molar-refractivity contribution is -0.142. The van der Waals surface area contributed by atoms with E-state index in [2.05, 4.69) is 4.98 Å². The Morgan fingerprint density at radius 3 is 2.52 bits per heavy atom. The Bertz CT molecular complexity index is 569. The molecule has 2 atom stereocenters. The quantitative estimate of drug-likeness (QED) is 0.875. The highest BCUT2D eigenvalue weighted by molar-refractivity contribution is 5.81. The van der Waals surface area contributed by atoms with Crippen molar-refractivity contribution in [3.8, 4) is 0 Å². The maximum absolute atomic E-state index is 12.7. The first kappa shape index (κ1) is 15.9. The molecule has 1 saturated heterocycles. The summed E-state index contributed by atoms with van der Waals surface area (Å²) in [6.07, 6.45) is 5.72. The van der Waals surface area contributed by atoms with E-state index in [0.29, 0.717) is 32.2 Å². The monoisotopic (exact) mass is 318 g/mol. The number of carbonyl (C=O) groups is 2. The van der Waals surface area contributed by atoms with Gasteiger partial charge in [-0.2, -0.15) is 0 Å². The van der Waals surface area contributed by atoms with Crippen molar-refractivity contribution in [2.24, 2.45) is 11.8 Å².